The van der Waals surface area contributed by atoms with E-state index in [1.54, 1.807) is 60.7 Å². The van der Waals surface area contributed by atoms with Crippen molar-refractivity contribution in [2.24, 2.45) is 10.3 Å². The number of hydrogen-bond acceptors (Lipinski definition) is 7. The van der Waals surface area contributed by atoms with Crippen LogP contribution in [-0.2, 0) is 16.6 Å². The van der Waals surface area contributed by atoms with Crippen LogP contribution >= 0.6 is 0 Å². The Morgan fingerprint density at radius 1 is 1.10 bits per heavy atom. The first-order chi connectivity index (χ1) is 19.1. The third-order valence-electron chi connectivity index (χ3n) is 6.64. The van der Waals surface area contributed by atoms with E-state index >= 15 is 0 Å². The Hall–Kier alpha value is -4.64. The Morgan fingerprint density at radius 2 is 1.82 bits per heavy atom. The normalized spacial score (nSPS) is 13.8. The Labute approximate surface area is 231 Å². The third kappa shape index (κ3) is 5.03. The second-order valence-corrected chi connectivity index (χ2v) is 11.4. The summed E-state index contributed by atoms with van der Waals surface area (Å²) in [5.41, 5.74) is 0.613. The molecule has 0 aliphatic carbocycles. The second-order valence-electron chi connectivity index (χ2n) is 9.81. The Balaban J connectivity index is 1.63. The Kier molecular flexibility index (Phi) is 7.07. The molecule has 0 fully saturated rings. The van der Waals surface area contributed by atoms with Crippen molar-refractivity contribution < 1.29 is 23.1 Å². The van der Waals surface area contributed by atoms with Crippen LogP contribution in [0.3, 0.4) is 0 Å². The first kappa shape index (κ1) is 26.9. The number of aryl methyl sites for hydroxylation is 1. The van der Waals surface area contributed by atoms with Crippen LogP contribution in [0.1, 0.15) is 36.2 Å². The van der Waals surface area contributed by atoms with Gasteiger partial charge in [-0.2, -0.15) is 8.42 Å². The molecule has 0 spiro atoms. The number of nitrogens with one attached hydrogen (secondary N) is 2. The summed E-state index contributed by atoms with van der Waals surface area (Å²) in [6, 6.07) is 17.6. The minimum atomic E-state index is -4.12. The summed E-state index contributed by atoms with van der Waals surface area (Å²) in [7, 11) is -2.59. The fraction of sp³-hybridized carbons (Fsp3) is 0.207. The Morgan fingerprint density at radius 3 is 2.52 bits per heavy atom. The van der Waals surface area contributed by atoms with Gasteiger partial charge >= 0.3 is 0 Å². The van der Waals surface area contributed by atoms with Gasteiger partial charge in [0.15, 0.2) is 5.84 Å². The highest BCUT2D eigenvalue weighted by Gasteiger charge is 2.29. The van der Waals surface area contributed by atoms with Crippen molar-refractivity contribution in [1.29, 1.82) is 0 Å². The van der Waals surface area contributed by atoms with Crippen LogP contribution in [0.25, 0.3) is 10.9 Å². The topological polar surface area (TPSA) is 139 Å². The monoisotopic (exact) mass is 560 g/mol. The number of anilines is 2. The molecule has 3 aromatic carbocycles. The van der Waals surface area contributed by atoms with E-state index in [0.29, 0.717) is 35.5 Å². The highest BCUT2D eigenvalue weighted by atomic mass is 32.2. The van der Waals surface area contributed by atoms with Gasteiger partial charge in [0.05, 0.1) is 18.3 Å². The molecule has 0 saturated heterocycles. The molecular weight excluding hydrogens is 532 g/mol. The van der Waals surface area contributed by atoms with Crippen molar-refractivity contribution in [3.63, 3.8) is 0 Å². The van der Waals surface area contributed by atoms with Crippen molar-refractivity contribution in [2.75, 3.05) is 17.7 Å². The zero-order chi connectivity index (χ0) is 28.6. The van der Waals surface area contributed by atoms with Gasteiger partial charge in [0.1, 0.15) is 22.0 Å². The van der Waals surface area contributed by atoms with Gasteiger partial charge in [-0.25, -0.2) is 0 Å². The molecule has 4 aromatic rings. The highest BCUT2D eigenvalue weighted by Crippen LogP contribution is 2.33. The number of fused-ring (bicyclic) bond motifs is 2. The molecule has 0 bridgehead atoms. The van der Waals surface area contributed by atoms with Crippen LogP contribution < -0.4 is 20.9 Å². The molecule has 0 radical (unpaired) electrons. The fourth-order valence-corrected chi connectivity index (χ4v) is 5.63. The standard InChI is InChI=1S/C29H28N4O6S/c1-17(2)14-15-33-23-13-10-19(30-28(35)18-8-11-20(39-3)12-9-18)16-21(23)26(34)25(29(33)36)27-31-22-6-4-5-7-24(22)40(37,38)32-27/h4-13,16-17,34H,14-15H2,1-3H3,(H,30,35)(H,31,32). The second kappa shape index (κ2) is 10.5. The maximum atomic E-state index is 13.7. The lowest BCUT2D eigenvalue weighted by Crippen LogP contribution is -2.33. The van der Waals surface area contributed by atoms with Gasteiger partial charge in [0, 0.05) is 23.2 Å². The largest absolute Gasteiger partial charge is 0.506 e. The molecule has 3 N–H and O–H groups in total. The third-order valence-corrected chi connectivity index (χ3v) is 7.98. The molecule has 0 atom stereocenters. The lowest BCUT2D eigenvalue weighted by Gasteiger charge is -2.21. The lowest BCUT2D eigenvalue weighted by molar-refractivity contribution is 0.102. The van der Waals surface area contributed by atoms with Gasteiger partial charge < -0.3 is 25.0 Å². The number of amides is 1. The zero-order valence-corrected chi connectivity index (χ0v) is 23.0. The molecule has 0 saturated carbocycles. The maximum Gasteiger partial charge on any atom is 0.286 e. The van der Waals surface area contributed by atoms with E-state index in [1.165, 1.54) is 17.7 Å². The summed E-state index contributed by atoms with van der Waals surface area (Å²) in [5, 5.41) is 17.3. The van der Waals surface area contributed by atoms with Gasteiger partial charge in [-0.1, -0.05) is 26.0 Å². The van der Waals surface area contributed by atoms with E-state index in [0.717, 1.165) is 0 Å². The van der Waals surface area contributed by atoms with Crippen LogP contribution in [0, 0.1) is 5.92 Å². The number of aromatic nitrogens is 1. The molecule has 10 nitrogen and oxygen atoms in total. The number of benzene rings is 3. The molecule has 11 heteroatoms. The van der Waals surface area contributed by atoms with Crippen molar-refractivity contribution in [3.05, 3.63) is 88.2 Å². The number of carbonyl (C=O) groups is 1. The first-order valence-corrected chi connectivity index (χ1v) is 14.1. The van der Waals surface area contributed by atoms with Gasteiger partial charge in [0.25, 0.3) is 21.5 Å². The SMILES string of the molecule is COc1ccc(C(=O)Nc2ccc3c(c2)c(O)c(C2=NS(=O)(=O)c4ccccc4N2)c(=O)n3CCC(C)C)cc1. The number of methoxy groups -OCH3 is 1. The van der Waals surface area contributed by atoms with Crippen LogP contribution in [0.5, 0.6) is 11.5 Å². The van der Waals surface area contributed by atoms with Crippen LogP contribution in [0.15, 0.2) is 80.8 Å². The quantitative estimate of drug-likeness (QED) is 0.301. The number of sulfonamides is 1. The maximum absolute atomic E-state index is 13.7. The average Bonchev–Trinajstić information content (AvgIpc) is 2.93. The van der Waals surface area contributed by atoms with E-state index in [9.17, 15) is 23.1 Å². The fourth-order valence-electron chi connectivity index (χ4n) is 4.51. The summed E-state index contributed by atoms with van der Waals surface area (Å²) in [6.45, 7) is 4.38. The molecule has 40 heavy (non-hydrogen) atoms. The summed E-state index contributed by atoms with van der Waals surface area (Å²) >= 11 is 0. The van der Waals surface area contributed by atoms with Crippen LogP contribution in [-0.4, -0.2) is 36.9 Å². The van der Waals surface area contributed by atoms with Crippen LogP contribution in [0.2, 0.25) is 0 Å². The summed E-state index contributed by atoms with van der Waals surface area (Å²) in [5.74, 6) is -0.199. The number of para-hydroxylation sites is 1. The molecule has 2 heterocycles. The zero-order valence-electron chi connectivity index (χ0n) is 22.1. The molecule has 1 aliphatic rings. The number of pyridine rings is 1. The molecule has 1 aromatic heterocycles. The molecule has 1 amide bonds. The molecule has 206 valence electrons. The summed E-state index contributed by atoms with van der Waals surface area (Å²) in [6.07, 6.45) is 0.663. The average molecular weight is 561 g/mol. The number of aromatic hydroxyl groups is 1. The predicted octanol–water partition coefficient (Wildman–Crippen LogP) is 4.58. The number of rotatable bonds is 7. The van der Waals surface area contributed by atoms with E-state index < -0.39 is 21.3 Å². The van der Waals surface area contributed by atoms with Gasteiger partial charge in [-0.3, -0.25) is 9.59 Å². The minimum absolute atomic E-state index is 0.0253. The van der Waals surface area contributed by atoms with Crippen molar-refractivity contribution in [2.45, 2.75) is 31.7 Å². The van der Waals surface area contributed by atoms with Gasteiger partial charge in [-0.15, -0.1) is 4.40 Å². The van der Waals surface area contributed by atoms with E-state index in [1.807, 2.05) is 13.8 Å². The highest BCUT2D eigenvalue weighted by molar-refractivity contribution is 7.90. The minimum Gasteiger partial charge on any atom is -0.506 e. The van der Waals surface area contributed by atoms with E-state index in [4.69, 9.17) is 4.74 Å². The van der Waals surface area contributed by atoms with Gasteiger partial charge in [-0.05, 0) is 66.9 Å². The Bertz CT molecular complexity index is 1830. The summed E-state index contributed by atoms with van der Waals surface area (Å²) < 4.78 is 36.3. The molecular formula is C29H28N4O6S. The lowest BCUT2D eigenvalue weighted by atomic mass is 10.1. The molecule has 0 unspecified atom stereocenters. The van der Waals surface area contributed by atoms with Crippen molar-refractivity contribution in [3.8, 4) is 11.5 Å². The molecule has 5 rings (SSSR count). The number of amidine groups is 1. The number of carbonyl (C=O) groups excluding carboxylic acids is 1. The van der Waals surface area contributed by atoms with E-state index in [2.05, 4.69) is 15.0 Å². The predicted molar refractivity (Wildman–Crippen MR) is 154 cm³/mol. The smallest absolute Gasteiger partial charge is 0.286 e. The van der Waals surface area contributed by atoms with Crippen molar-refractivity contribution >= 4 is 44.0 Å². The molecule has 1 aliphatic heterocycles. The number of hydrogen-bond donors (Lipinski definition) is 3. The van der Waals surface area contributed by atoms with Crippen molar-refractivity contribution in [1.82, 2.24) is 4.57 Å². The first-order valence-electron chi connectivity index (χ1n) is 12.7. The number of ether oxygens (including phenoxy) is 1. The number of nitrogens with zero attached hydrogens (tertiary/aromatic N) is 2. The summed E-state index contributed by atoms with van der Waals surface area (Å²) in [4.78, 5) is 26.6. The van der Waals surface area contributed by atoms with Crippen LogP contribution in [0.4, 0.5) is 11.4 Å². The van der Waals surface area contributed by atoms with Gasteiger partial charge in [0.2, 0.25) is 0 Å². The van der Waals surface area contributed by atoms with E-state index in [-0.39, 0.29) is 39.2 Å².